The molecule has 10 aromatic rings. The van der Waals surface area contributed by atoms with Crippen LogP contribution in [0.25, 0.3) is 95.4 Å². The van der Waals surface area contributed by atoms with E-state index in [-0.39, 0.29) is 0 Å². The molecule has 0 spiro atoms. The zero-order valence-electron chi connectivity index (χ0n) is 29.7. The number of benzene rings is 7. The predicted molar refractivity (Wildman–Crippen MR) is 222 cm³/mol. The second-order valence-electron chi connectivity index (χ2n) is 13.3. The molecule has 6 nitrogen and oxygen atoms in total. The zero-order chi connectivity index (χ0) is 36.6. The van der Waals surface area contributed by atoms with Crippen LogP contribution >= 0.6 is 0 Å². The first kappa shape index (κ1) is 32.1. The molecule has 0 atom stereocenters. The third-order valence-electron chi connectivity index (χ3n) is 9.96. The van der Waals surface area contributed by atoms with Crippen molar-refractivity contribution < 1.29 is 0 Å². The Bertz CT molecular complexity index is 2890. The minimum absolute atomic E-state index is 0.641. The Balaban J connectivity index is 1.04. The monoisotopic (exact) mass is 704 g/mol. The minimum Gasteiger partial charge on any atom is -0.291 e. The molecule has 0 aliphatic carbocycles. The second kappa shape index (κ2) is 13.8. The van der Waals surface area contributed by atoms with Gasteiger partial charge >= 0.3 is 0 Å². The van der Waals surface area contributed by atoms with Gasteiger partial charge in [0.2, 0.25) is 0 Å². The molecule has 3 heterocycles. The quantitative estimate of drug-likeness (QED) is 0.165. The number of imidazole rings is 1. The fourth-order valence-corrected chi connectivity index (χ4v) is 7.28. The number of fused-ring (bicyclic) bond motifs is 2. The number of hydrogen-bond acceptors (Lipinski definition) is 5. The molecule has 55 heavy (non-hydrogen) atoms. The molecule has 0 amide bonds. The van der Waals surface area contributed by atoms with Gasteiger partial charge in [-0.25, -0.2) is 19.9 Å². The molecule has 0 aliphatic heterocycles. The maximum absolute atomic E-state index is 5.03. The van der Waals surface area contributed by atoms with Gasteiger partial charge in [0.05, 0.1) is 11.0 Å². The van der Waals surface area contributed by atoms with Gasteiger partial charge in [0, 0.05) is 28.6 Å². The van der Waals surface area contributed by atoms with E-state index >= 15 is 0 Å². The van der Waals surface area contributed by atoms with Crippen LogP contribution in [0.15, 0.2) is 194 Å². The Morgan fingerprint density at radius 3 is 1.56 bits per heavy atom. The van der Waals surface area contributed by atoms with Crippen LogP contribution in [0.5, 0.6) is 0 Å². The molecule has 6 heteroatoms. The van der Waals surface area contributed by atoms with Crippen LogP contribution in [0, 0.1) is 0 Å². The first-order valence-corrected chi connectivity index (χ1v) is 18.3. The summed E-state index contributed by atoms with van der Waals surface area (Å²) in [5.41, 5.74) is 11.2. The molecule has 0 saturated carbocycles. The molecular formula is C49H32N6. The lowest BCUT2D eigenvalue weighted by Crippen LogP contribution is -2.00. The molecule has 0 bridgehead atoms. The first-order valence-electron chi connectivity index (χ1n) is 18.3. The summed E-state index contributed by atoms with van der Waals surface area (Å²) in [6, 6.07) is 64.6. The maximum Gasteiger partial charge on any atom is 0.164 e. The van der Waals surface area contributed by atoms with Gasteiger partial charge < -0.3 is 0 Å². The number of aromatic nitrogens is 6. The highest BCUT2D eigenvalue weighted by molar-refractivity contribution is 6.04. The van der Waals surface area contributed by atoms with E-state index in [1.807, 2.05) is 91.1 Å². The van der Waals surface area contributed by atoms with Gasteiger partial charge in [-0.05, 0) is 75.5 Å². The van der Waals surface area contributed by atoms with Crippen molar-refractivity contribution in [3.63, 3.8) is 0 Å². The maximum atomic E-state index is 5.03. The van der Waals surface area contributed by atoms with E-state index in [1.165, 1.54) is 0 Å². The SMILES string of the molecule is c1ccc(-c2nc(-c3ccccc3)nc(-c3ccc(-c4ccc(-c5ccc6nc(-c7ccccn7)n(-c7ccccc7)c6c5)cc4)c4ccccc34)n2)cc1. The standard InChI is InChI=1S/C49H32N6/c1-4-14-35(15-5-1)46-52-47(36-16-6-2-7-17-36)54-48(53-46)42-29-28-39(40-20-10-11-21-41(40)42)34-25-23-33(24-26-34)37-27-30-43-45(32-37)55(38-18-8-3-9-19-38)49(51-43)44-22-12-13-31-50-44/h1-32H. The second-order valence-corrected chi connectivity index (χ2v) is 13.3. The summed E-state index contributed by atoms with van der Waals surface area (Å²) in [5.74, 6) is 2.74. The van der Waals surface area contributed by atoms with Crippen LogP contribution in [0.1, 0.15) is 0 Å². The summed E-state index contributed by atoms with van der Waals surface area (Å²) in [6.45, 7) is 0. The van der Waals surface area contributed by atoms with Gasteiger partial charge in [-0.1, -0.05) is 146 Å². The Morgan fingerprint density at radius 1 is 0.364 bits per heavy atom. The smallest absolute Gasteiger partial charge is 0.164 e. The molecule has 7 aromatic carbocycles. The Kier molecular flexibility index (Phi) is 8.04. The third kappa shape index (κ3) is 6.02. The number of hydrogen-bond donors (Lipinski definition) is 0. The number of pyridine rings is 1. The number of nitrogens with zero attached hydrogens (tertiary/aromatic N) is 6. The van der Waals surface area contributed by atoms with Crippen molar-refractivity contribution in [2.75, 3.05) is 0 Å². The summed E-state index contributed by atoms with van der Waals surface area (Å²) >= 11 is 0. The van der Waals surface area contributed by atoms with E-state index in [1.54, 1.807) is 0 Å². The Morgan fingerprint density at radius 2 is 0.909 bits per heavy atom. The van der Waals surface area contributed by atoms with Crippen LogP contribution < -0.4 is 0 Å². The predicted octanol–water partition coefficient (Wildman–Crippen LogP) is 11.8. The highest BCUT2D eigenvalue weighted by Crippen LogP contribution is 2.37. The molecule has 258 valence electrons. The lowest BCUT2D eigenvalue weighted by atomic mass is 9.93. The number of rotatable bonds is 7. The van der Waals surface area contributed by atoms with E-state index in [4.69, 9.17) is 19.9 Å². The van der Waals surface area contributed by atoms with Crippen LogP contribution in [-0.2, 0) is 0 Å². The topological polar surface area (TPSA) is 69.4 Å². The first-order chi connectivity index (χ1) is 27.3. The summed E-state index contributed by atoms with van der Waals surface area (Å²) in [5, 5.41) is 2.21. The van der Waals surface area contributed by atoms with Gasteiger partial charge in [0.25, 0.3) is 0 Å². The third-order valence-corrected chi connectivity index (χ3v) is 9.96. The van der Waals surface area contributed by atoms with Crippen molar-refractivity contribution in [3.05, 3.63) is 194 Å². The van der Waals surface area contributed by atoms with E-state index in [0.717, 1.165) is 78.0 Å². The van der Waals surface area contributed by atoms with Gasteiger partial charge in [-0.3, -0.25) is 9.55 Å². The van der Waals surface area contributed by atoms with Crippen molar-refractivity contribution in [2.24, 2.45) is 0 Å². The molecule has 0 saturated heterocycles. The van der Waals surface area contributed by atoms with Crippen LogP contribution in [0.3, 0.4) is 0 Å². The van der Waals surface area contributed by atoms with Crippen molar-refractivity contribution >= 4 is 21.8 Å². The van der Waals surface area contributed by atoms with Gasteiger partial charge in [0.1, 0.15) is 5.69 Å². The van der Waals surface area contributed by atoms with E-state index in [9.17, 15) is 0 Å². The van der Waals surface area contributed by atoms with Crippen LogP contribution in [-0.4, -0.2) is 29.5 Å². The molecule has 10 rings (SSSR count). The summed E-state index contributed by atoms with van der Waals surface area (Å²) < 4.78 is 2.20. The van der Waals surface area contributed by atoms with E-state index in [0.29, 0.717) is 17.5 Å². The van der Waals surface area contributed by atoms with Crippen LogP contribution in [0.4, 0.5) is 0 Å². The Labute approximate surface area is 318 Å². The zero-order valence-corrected chi connectivity index (χ0v) is 29.7. The van der Waals surface area contributed by atoms with Gasteiger partial charge in [-0.2, -0.15) is 0 Å². The summed E-state index contributed by atoms with van der Waals surface area (Å²) in [6.07, 6.45) is 1.81. The van der Waals surface area contributed by atoms with Gasteiger partial charge in [0.15, 0.2) is 23.3 Å². The molecule has 0 fully saturated rings. The molecule has 0 aliphatic rings. The van der Waals surface area contributed by atoms with Crippen molar-refractivity contribution in [1.29, 1.82) is 0 Å². The minimum atomic E-state index is 0.641. The van der Waals surface area contributed by atoms with Crippen molar-refractivity contribution in [3.8, 4) is 73.6 Å². The highest BCUT2D eigenvalue weighted by Gasteiger charge is 2.18. The van der Waals surface area contributed by atoms with E-state index < -0.39 is 0 Å². The fourth-order valence-electron chi connectivity index (χ4n) is 7.28. The number of para-hydroxylation sites is 1. The lowest BCUT2D eigenvalue weighted by molar-refractivity contribution is 1.08. The van der Waals surface area contributed by atoms with Crippen molar-refractivity contribution in [1.82, 2.24) is 29.5 Å². The normalized spacial score (nSPS) is 11.3. The molecule has 0 unspecified atom stereocenters. The summed E-state index contributed by atoms with van der Waals surface area (Å²) in [4.78, 5) is 24.6. The largest absolute Gasteiger partial charge is 0.291 e. The average molecular weight is 705 g/mol. The molecule has 0 radical (unpaired) electrons. The lowest BCUT2D eigenvalue weighted by Gasteiger charge is -2.13. The van der Waals surface area contributed by atoms with Gasteiger partial charge in [-0.15, -0.1) is 0 Å². The fraction of sp³-hybridized carbons (Fsp3) is 0. The van der Waals surface area contributed by atoms with Crippen molar-refractivity contribution in [2.45, 2.75) is 0 Å². The van der Waals surface area contributed by atoms with E-state index in [2.05, 4.69) is 113 Å². The Hall–Kier alpha value is -7.57. The molecule has 3 aromatic heterocycles. The highest BCUT2D eigenvalue weighted by atomic mass is 15.1. The average Bonchev–Trinajstić information content (AvgIpc) is 3.66. The molecular weight excluding hydrogens is 673 g/mol. The molecule has 0 N–H and O–H groups in total. The summed E-state index contributed by atoms with van der Waals surface area (Å²) in [7, 11) is 0. The van der Waals surface area contributed by atoms with Crippen LogP contribution in [0.2, 0.25) is 0 Å².